The monoisotopic (exact) mass is 274 g/mol. The minimum Gasteiger partial charge on any atom is -0.354 e. The minimum absolute atomic E-state index is 0.0815. The van der Waals surface area contributed by atoms with Crippen LogP contribution >= 0.6 is 22.9 Å². The van der Waals surface area contributed by atoms with Gasteiger partial charge in [-0.25, -0.2) is 0 Å². The molecule has 1 heterocycles. The van der Waals surface area contributed by atoms with Gasteiger partial charge in [-0.2, -0.15) is 0 Å². The molecule has 1 unspecified atom stereocenters. The number of nitrogens with two attached hydrogens (primary N) is 1. The quantitative estimate of drug-likeness (QED) is 0.838. The number of carbonyl (C=O) groups excluding carboxylic acids is 1. The molecule has 0 fully saturated rings. The lowest BCUT2D eigenvalue weighted by Crippen LogP contribution is -2.51. The molecule has 96 valence electrons. The van der Waals surface area contributed by atoms with E-state index in [-0.39, 0.29) is 5.91 Å². The fourth-order valence-electron chi connectivity index (χ4n) is 1.62. The summed E-state index contributed by atoms with van der Waals surface area (Å²) in [6, 6.07) is 3.85. The summed E-state index contributed by atoms with van der Waals surface area (Å²) in [5, 5.41) is 2.87. The SMILES string of the molecule is CCCC(C)(N)C(=O)NCCc1ccc(Cl)s1. The van der Waals surface area contributed by atoms with Crippen molar-refractivity contribution in [1.82, 2.24) is 5.32 Å². The molecule has 0 aromatic carbocycles. The third-order valence-electron chi connectivity index (χ3n) is 2.57. The highest BCUT2D eigenvalue weighted by Gasteiger charge is 2.26. The van der Waals surface area contributed by atoms with E-state index in [0.717, 1.165) is 17.2 Å². The molecule has 0 aliphatic heterocycles. The normalized spacial score (nSPS) is 14.4. The molecular formula is C12H19ClN2OS. The number of carbonyl (C=O) groups is 1. The maximum absolute atomic E-state index is 11.8. The molecule has 0 aliphatic rings. The second kappa shape index (κ2) is 6.38. The van der Waals surface area contributed by atoms with Gasteiger partial charge in [0.1, 0.15) is 0 Å². The molecule has 0 aliphatic carbocycles. The third kappa shape index (κ3) is 4.66. The van der Waals surface area contributed by atoms with Crippen LogP contribution in [-0.2, 0) is 11.2 Å². The van der Waals surface area contributed by atoms with E-state index in [4.69, 9.17) is 17.3 Å². The van der Waals surface area contributed by atoms with Crippen LogP contribution in [-0.4, -0.2) is 18.0 Å². The average molecular weight is 275 g/mol. The summed E-state index contributed by atoms with van der Waals surface area (Å²) in [4.78, 5) is 13.0. The van der Waals surface area contributed by atoms with Crippen molar-refractivity contribution in [3.05, 3.63) is 21.3 Å². The first kappa shape index (κ1) is 14.5. The van der Waals surface area contributed by atoms with Gasteiger partial charge in [-0.1, -0.05) is 24.9 Å². The van der Waals surface area contributed by atoms with Gasteiger partial charge in [0.25, 0.3) is 0 Å². The molecule has 1 atom stereocenters. The Bertz CT molecular complexity index is 376. The highest BCUT2D eigenvalue weighted by atomic mass is 35.5. The zero-order valence-electron chi connectivity index (χ0n) is 10.3. The van der Waals surface area contributed by atoms with Gasteiger partial charge in [-0.05, 0) is 31.9 Å². The Hall–Kier alpha value is -0.580. The molecule has 0 bridgehead atoms. The Morgan fingerprint density at radius 1 is 1.59 bits per heavy atom. The lowest BCUT2D eigenvalue weighted by molar-refractivity contribution is -0.126. The van der Waals surface area contributed by atoms with Crippen molar-refractivity contribution in [2.45, 2.75) is 38.6 Å². The van der Waals surface area contributed by atoms with Crippen molar-refractivity contribution in [1.29, 1.82) is 0 Å². The highest BCUT2D eigenvalue weighted by molar-refractivity contribution is 7.16. The molecular weight excluding hydrogens is 256 g/mol. The molecule has 0 spiro atoms. The first-order valence-corrected chi connectivity index (χ1v) is 6.96. The van der Waals surface area contributed by atoms with Gasteiger partial charge in [0.15, 0.2) is 0 Å². The van der Waals surface area contributed by atoms with E-state index in [9.17, 15) is 4.79 Å². The van der Waals surface area contributed by atoms with Crippen LogP contribution in [0.2, 0.25) is 4.34 Å². The second-order valence-electron chi connectivity index (χ2n) is 4.38. The predicted octanol–water partition coefficient (Wildman–Crippen LogP) is 2.58. The Labute approximate surface area is 111 Å². The Morgan fingerprint density at radius 2 is 2.29 bits per heavy atom. The number of amides is 1. The highest BCUT2D eigenvalue weighted by Crippen LogP contribution is 2.21. The predicted molar refractivity (Wildman–Crippen MR) is 73.5 cm³/mol. The maximum Gasteiger partial charge on any atom is 0.239 e. The zero-order chi connectivity index (χ0) is 12.9. The first-order chi connectivity index (χ1) is 7.95. The summed E-state index contributed by atoms with van der Waals surface area (Å²) >= 11 is 7.37. The van der Waals surface area contributed by atoms with Gasteiger partial charge in [-0.15, -0.1) is 11.3 Å². The molecule has 17 heavy (non-hydrogen) atoms. The number of rotatable bonds is 6. The van der Waals surface area contributed by atoms with Crippen molar-refractivity contribution >= 4 is 28.8 Å². The molecule has 0 radical (unpaired) electrons. The number of hydrogen-bond donors (Lipinski definition) is 2. The standard InChI is InChI=1S/C12H19ClN2OS/c1-3-7-12(2,14)11(16)15-8-6-9-4-5-10(13)17-9/h4-5H,3,6-8,14H2,1-2H3,(H,15,16). The molecule has 1 rings (SSSR count). The van der Waals surface area contributed by atoms with Crippen LogP contribution in [0.5, 0.6) is 0 Å². The van der Waals surface area contributed by atoms with Gasteiger partial charge < -0.3 is 11.1 Å². The number of hydrogen-bond acceptors (Lipinski definition) is 3. The molecule has 1 amide bonds. The van der Waals surface area contributed by atoms with Gasteiger partial charge in [0, 0.05) is 11.4 Å². The van der Waals surface area contributed by atoms with Crippen LogP contribution in [0.1, 0.15) is 31.6 Å². The van der Waals surface area contributed by atoms with E-state index < -0.39 is 5.54 Å². The van der Waals surface area contributed by atoms with E-state index in [1.54, 1.807) is 18.3 Å². The van der Waals surface area contributed by atoms with E-state index >= 15 is 0 Å². The first-order valence-electron chi connectivity index (χ1n) is 5.77. The van der Waals surface area contributed by atoms with Crippen LogP contribution in [0.3, 0.4) is 0 Å². The van der Waals surface area contributed by atoms with Gasteiger partial charge >= 0.3 is 0 Å². The van der Waals surface area contributed by atoms with Crippen molar-refractivity contribution in [2.75, 3.05) is 6.54 Å². The summed E-state index contributed by atoms with van der Waals surface area (Å²) in [5.41, 5.74) is 5.16. The van der Waals surface area contributed by atoms with Crippen LogP contribution in [0.25, 0.3) is 0 Å². The molecule has 0 saturated heterocycles. The Morgan fingerprint density at radius 3 is 2.82 bits per heavy atom. The van der Waals surface area contributed by atoms with Crippen LogP contribution < -0.4 is 11.1 Å². The summed E-state index contributed by atoms with van der Waals surface area (Å²) in [5.74, 6) is -0.0815. The molecule has 0 saturated carbocycles. The molecule has 1 aromatic heterocycles. The third-order valence-corrected chi connectivity index (χ3v) is 3.86. The van der Waals surface area contributed by atoms with Gasteiger partial charge in [-0.3, -0.25) is 4.79 Å². The topological polar surface area (TPSA) is 55.1 Å². The van der Waals surface area contributed by atoms with Crippen LogP contribution in [0.4, 0.5) is 0 Å². The molecule has 3 N–H and O–H groups in total. The number of nitrogens with one attached hydrogen (secondary N) is 1. The smallest absolute Gasteiger partial charge is 0.239 e. The fraction of sp³-hybridized carbons (Fsp3) is 0.583. The molecule has 3 nitrogen and oxygen atoms in total. The zero-order valence-corrected chi connectivity index (χ0v) is 11.8. The Kier molecular flexibility index (Phi) is 5.43. The Balaban J connectivity index is 2.33. The fourth-order valence-corrected chi connectivity index (χ4v) is 2.71. The van der Waals surface area contributed by atoms with E-state index in [1.807, 2.05) is 19.1 Å². The molecule has 1 aromatic rings. The van der Waals surface area contributed by atoms with E-state index in [0.29, 0.717) is 13.0 Å². The lowest BCUT2D eigenvalue weighted by Gasteiger charge is -2.22. The van der Waals surface area contributed by atoms with E-state index in [2.05, 4.69) is 5.32 Å². The summed E-state index contributed by atoms with van der Waals surface area (Å²) < 4.78 is 0.779. The molecule has 5 heteroatoms. The number of halogens is 1. The summed E-state index contributed by atoms with van der Waals surface area (Å²) in [6.45, 7) is 4.39. The maximum atomic E-state index is 11.8. The van der Waals surface area contributed by atoms with E-state index in [1.165, 1.54) is 4.88 Å². The van der Waals surface area contributed by atoms with Crippen LogP contribution in [0, 0.1) is 0 Å². The lowest BCUT2D eigenvalue weighted by atomic mass is 9.96. The van der Waals surface area contributed by atoms with Crippen molar-refractivity contribution < 1.29 is 4.79 Å². The van der Waals surface area contributed by atoms with Gasteiger partial charge in [0.2, 0.25) is 5.91 Å². The van der Waals surface area contributed by atoms with Crippen molar-refractivity contribution in [3.63, 3.8) is 0 Å². The number of thiophene rings is 1. The minimum atomic E-state index is -0.762. The van der Waals surface area contributed by atoms with Crippen LogP contribution in [0.15, 0.2) is 12.1 Å². The van der Waals surface area contributed by atoms with Crippen molar-refractivity contribution in [3.8, 4) is 0 Å². The summed E-state index contributed by atoms with van der Waals surface area (Å²) in [6.07, 6.45) is 2.40. The second-order valence-corrected chi connectivity index (χ2v) is 6.18. The van der Waals surface area contributed by atoms with Crippen molar-refractivity contribution in [2.24, 2.45) is 5.73 Å². The summed E-state index contributed by atoms with van der Waals surface area (Å²) in [7, 11) is 0. The van der Waals surface area contributed by atoms with Gasteiger partial charge in [0.05, 0.1) is 9.88 Å². The largest absolute Gasteiger partial charge is 0.354 e. The average Bonchev–Trinajstić information content (AvgIpc) is 2.64.